The second kappa shape index (κ2) is 17.3. The third kappa shape index (κ3) is 11.9. The van der Waals surface area contributed by atoms with Gasteiger partial charge in [0.1, 0.15) is 0 Å². The number of carbonyl (C=O) groups is 1. The van der Waals surface area contributed by atoms with E-state index >= 15 is 0 Å². The molecule has 2 rings (SSSR count). The molecule has 1 unspecified atom stereocenters. The minimum Gasteiger partial charge on any atom is -0.435 e. The normalized spacial score (nSPS) is 15.0. The highest BCUT2D eigenvalue weighted by Gasteiger charge is 2.20. The van der Waals surface area contributed by atoms with Crippen LogP contribution < -0.4 is 21.6 Å². The Morgan fingerprint density at radius 3 is 2.34 bits per heavy atom. The summed E-state index contributed by atoms with van der Waals surface area (Å²) >= 11 is 0. The molecule has 0 aliphatic carbocycles. The molecule has 0 fully saturated rings. The highest BCUT2D eigenvalue weighted by Crippen LogP contribution is 2.10. The predicted molar refractivity (Wildman–Crippen MR) is 128 cm³/mol. The van der Waals surface area contributed by atoms with E-state index in [9.17, 15) is 4.79 Å². The molecule has 1 aliphatic heterocycles. The number of nitrogens with one attached hydrogen (secondary N) is 4. The summed E-state index contributed by atoms with van der Waals surface area (Å²) in [4.78, 5) is 11.8. The van der Waals surface area contributed by atoms with E-state index in [-0.39, 0.29) is 6.03 Å². The van der Waals surface area contributed by atoms with Gasteiger partial charge >= 0.3 is 6.03 Å². The number of hydrogen-bond acceptors (Lipinski definition) is 6. The van der Waals surface area contributed by atoms with Gasteiger partial charge in [-0.2, -0.15) is 5.43 Å². The number of nitrogens with zero attached hydrogens (tertiary/aromatic N) is 1. The number of unbranched alkanes of at least 4 members (excludes halogenated alkanes) is 9. The molecule has 2 amide bonds. The lowest BCUT2D eigenvalue weighted by Gasteiger charge is -2.14. The molecular formula is C24H41N5O3. The van der Waals surface area contributed by atoms with Crippen LogP contribution in [0.4, 0.5) is 4.79 Å². The number of amides is 2. The Bertz CT molecular complexity index is 642. The molecule has 4 N–H and O–H groups in total. The van der Waals surface area contributed by atoms with Gasteiger partial charge in [0.05, 0.1) is 0 Å². The van der Waals surface area contributed by atoms with Gasteiger partial charge in [0.15, 0.2) is 0 Å². The van der Waals surface area contributed by atoms with Gasteiger partial charge in [-0.05, 0) is 25.0 Å². The van der Waals surface area contributed by atoms with E-state index in [1.807, 2.05) is 30.3 Å². The molecule has 1 aromatic carbocycles. The summed E-state index contributed by atoms with van der Waals surface area (Å²) in [6.45, 7) is 4.28. The zero-order chi connectivity index (χ0) is 22.7. The van der Waals surface area contributed by atoms with Crippen molar-refractivity contribution >= 4 is 11.9 Å². The first kappa shape index (κ1) is 25.9. The van der Waals surface area contributed by atoms with Crippen LogP contribution >= 0.6 is 0 Å². The van der Waals surface area contributed by atoms with Crippen molar-refractivity contribution in [1.82, 2.24) is 21.6 Å². The van der Waals surface area contributed by atoms with E-state index in [1.54, 1.807) is 0 Å². The smallest absolute Gasteiger partial charge is 0.329 e. The lowest BCUT2D eigenvalue weighted by Crippen LogP contribution is -2.52. The van der Waals surface area contributed by atoms with Crippen molar-refractivity contribution in [3.8, 4) is 0 Å². The quantitative estimate of drug-likeness (QED) is 0.198. The van der Waals surface area contributed by atoms with E-state index in [2.05, 4.69) is 33.6 Å². The Morgan fingerprint density at radius 2 is 1.62 bits per heavy atom. The lowest BCUT2D eigenvalue weighted by molar-refractivity contribution is 0.125. The van der Waals surface area contributed by atoms with Gasteiger partial charge in [0.2, 0.25) is 5.90 Å². The van der Waals surface area contributed by atoms with Crippen molar-refractivity contribution in [2.75, 3.05) is 19.8 Å². The van der Waals surface area contributed by atoms with E-state index < -0.39 is 6.35 Å². The zero-order valence-electron chi connectivity index (χ0n) is 19.5. The third-order valence-electron chi connectivity index (χ3n) is 5.24. The van der Waals surface area contributed by atoms with Crippen molar-refractivity contribution < 1.29 is 14.3 Å². The van der Waals surface area contributed by atoms with Crippen LogP contribution in [-0.2, 0) is 9.47 Å². The molecule has 8 nitrogen and oxygen atoms in total. The number of urea groups is 1. The third-order valence-corrected chi connectivity index (χ3v) is 5.24. The molecule has 0 saturated carbocycles. The summed E-state index contributed by atoms with van der Waals surface area (Å²) in [5.41, 5.74) is 8.93. The van der Waals surface area contributed by atoms with Crippen LogP contribution in [-0.4, -0.2) is 38.0 Å². The molecule has 1 aliphatic rings. The molecule has 0 bridgehead atoms. The summed E-state index contributed by atoms with van der Waals surface area (Å²) in [7, 11) is 0. The Kier molecular flexibility index (Phi) is 14.0. The van der Waals surface area contributed by atoms with Crippen LogP contribution in [0.15, 0.2) is 35.4 Å². The average Bonchev–Trinajstić information content (AvgIpc) is 3.30. The fraction of sp³-hybridized carbons (Fsp3) is 0.667. The standard InChI is InChI=1S/C24H41N5O3/c1-2-3-4-5-6-7-8-9-10-14-19-31-20-15-18-25-23(30)27-29-24-28-26-22(32-24)21-16-12-11-13-17-21/h11-13,16-17,24,28-29H,2-10,14-15,18-20H2,1H3,(H2,25,27,30). The SMILES string of the molecule is CCCCCCCCCCCCOCCCNC(=O)NNC1NN=C(c2ccccc2)O1. The maximum atomic E-state index is 11.8. The maximum absolute atomic E-state index is 11.8. The van der Waals surface area contributed by atoms with Crippen LogP contribution in [0, 0.1) is 0 Å². The Balaban J connectivity index is 1.33. The molecule has 180 valence electrons. The maximum Gasteiger partial charge on any atom is 0.329 e. The number of hydrogen-bond donors (Lipinski definition) is 4. The number of benzene rings is 1. The highest BCUT2D eigenvalue weighted by atomic mass is 16.5. The topological polar surface area (TPSA) is 96.0 Å². The van der Waals surface area contributed by atoms with E-state index in [4.69, 9.17) is 9.47 Å². The molecule has 0 spiro atoms. The Morgan fingerprint density at radius 1 is 0.969 bits per heavy atom. The Hall–Kier alpha value is -2.32. The lowest BCUT2D eigenvalue weighted by atomic mass is 10.1. The highest BCUT2D eigenvalue weighted by molar-refractivity contribution is 5.94. The number of hydrazine groups is 1. The monoisotopic (exact) mass is 447 g/mol. The fourth-order valence-corrected chi connectivity index (χ4v) is 3.40. The first-order valence-corrected chi connectivity index (χ1v) is 12.2. The molecule has 0 radical (unpaired) electrons. The number of carbonyl (C=O) groups excluding carboxylic acids is 1. The summed E-state index contributed by atoms with van der Waals surface area (Å²) < 4.78 is 11.2. The second-order valence-corrected chi connectivity index (χ2v) is 8.08. The summed E-state index contributed by atoms with van der Waals surface area (Å²) in [5, 5.41) is 6.88. The van der Waals surface area contributed by atoms with Gasteiger partial charge in [-0.25, -0.2) is 4.79 Å². The van der Waals surface area contributed by atoms with Gasteiger partial charge < -0.3 is 14.8 Å². The summed E-state index contributed by atoms with van der Waals surface area (Å²) in [6, 6.07) is 9.24. The van der Waals surface area contributed by atoms with Crippen LogP contribution in [0.3, 0.4) is 0 Å². The van der Waals surface area contributed by atoms with Gasteiger partial charge in [0, 0.05) is 25.3 Å². The molecule has 1 aromatic rings. The average molecular weight is 448 g/mol. The van der Waals surface area contributed by atoms with Crippen LogP contribution in [0.1, 0.15) is 83.1 Å². The summed E-state index contributed by atoms with van der Waals surface area (Å²) in [6.07, 6.45) is 13.4. The minimum absolute atomic E-state index is 0.321. The molecule has 8 heteroatoms. The van der Waals surface area contributed by atoms with Crippen molar-refractivity contribution in [1.29, 1.82) is 0 Å². The summed E-state index contributed by atoms with van der Waals surface area (Å²) in [5.74, 6) is 0.477. The van der Waals surface area contributed by atoms with Crippen molar-refractivity contribution in [2.24, 2.45) is 5.10 Å². The van der Waals surface area contributed by atoms with Crippen LogP contribution in [0.2, 0.25) is 0 Å². The van der Waals surface area contributed by atoms with Gasteiger partial charge in [-0.3, -0.25) is 10.9 Å². The van der Waals surface area contributed by atoms with E-state index in [1.165, 1.54) is 57.8 Å². The number of ether oxygens (including phenoxy) is 2. The van der Waals surface area contributed by atoms with Gasteiger partial charge in [-0.15, -0.1) is 5.10 Å². The second-order valence-electron chi connectivity index (χ2n) is 8.08. The zero-order valence-corrected chi connectivity index (χ0v) is 19.5. The predicted octanol–water partition coefficient (Wildman–Crippen LogP) is 4.38. The van der Waals surface area contributed by atoms with Crippen molar-refractivity contribution in [2.45, 2.75) is 83.9 Å². The number of hydrazone groups is 1. The van der Waals surface area contributed by atoms with Crippen molar-refractivity contribution in [3.63, 3.8) is 0 Å². The molecular weight excluding hydrogens is 406 g/mol. The first-order chi connectivity index (χ1) is 15.8. The Labute approximate surface area is 192 Å². The molecule has 1 heterocycles. The molecule has 0 aromatic heterocycles. The fourth-order valence-electron chi connectivity index (χ4n) is 3.40. The van der Waals surface area contributed by atoms with Crippen LogP contribution in [0.25, 0.3) is 0 Å². The minimum atomic E-state index is -0.611. The van der Waals surface area contributed by atoms with Gasteiger partial charge in [0.25, 0.3) is 6.35 Å². The van der Waals surface area contributed by atoms with Crippen molar-refractivity contribution in [3.05, 3.63) is 35.9 Å². The van der Waals surface area contributed by atoms with E-state index in [0.29, 0.717) is 19.0 Å². The number of rotatable bonds is 18. The molecule has 32 heavy (non-hydrogen) atoms. The largest absolute Gasteiger partial charge is 0.435 e. The molecule has 1 atom stereocenters. The van der Waals surface area contributed by atoms with Gasteiger partial charge in [-0.1, -0.05) is 82.9 Å². The first-order valence-electron chi connectivity index (χ1n) is 12.2. The van der Waals surface area contributed by atoms with E-state index in [0.717, 1.165) is 25.0 Å². The molecule has 0 saturated heterocycles. The van der Waals surface area contributed by atoms with Crippen LogP contribution in [0.5, 0.6) is 0 Å².